The van der Waals surface area contributed by atoms with Gasteiger partial charge in [0.25, 0.3) is 0 Å². The van der Waals surface area contributed by atoms with Gasteiger partial charge in [0.05, 0.1) is 0 Å². The second-order valence-electron chi connectivity index (χ2n) is 5.48. The first-order chi connectivity index (χ1) is 11.3. The maximum atomic E-state index is 5.36. The summed E-state index contributed by atoms with van der Waals surface area (Å²) in [5.41, 5.74) is 3.41. The molecular weight excluding hydrogens is 284 g/mol. The van der Waals surface area contributed by atoms with Gasteiger partial charge in [0.1, 0.15) is 5.75 Å². The summed E-state index contributed by atoms with van der Waals surface area (Å²) in [4.78, 5) is 0. The first-order valence-electron chi connectivity index (χ1n) is 8.14. The van der Waals surface area contributed by atoms with Crippen LogP contribution >= 0.6 is 0 Å². The largest absolute Gasteiger partial charge is 0.468 e. The van der Waals surface area contributed by atoms with Crippen molar-refractivity contribution in [2.75, 3.05) is 13.9 Å². The highest BCUT2D eigenvalue weighted by atomic mass is 16.7. The number of benzene rings is 2. The molecule has 0 amide bonds. The molecule has 2 rings (SSSR count). The van der Waals surface area contributed by atoms with Gasteiger partial charge in [-0.2, -0.15) is 0 Å². The molecule has 2 aromatic carbocycles. The number of unbranched alkanes of at least 4 members (excludes halogenated alkanes) is 2. The first-order valence-corrected chi connectivity index (χ1v) is 8.14. The molecule has 0 saturated heterocycles. The molecule has 0 aliphatic rings. The van der Waals surface area contributed by atoms with E-state index in [1.165, 1.54) is 24.8 Å². The van der Waals surface area contributed by atoms with Crippen LogP contribution in [0.4, 0.5) is 0 Å². The van der Waals surface area contributed by atoms with Crippen LogP contribution in [0.2, 0.25) is 0 Å². The summed E-state index contributed by atoms with van der Waals surface area (Å²) >= 11 is 0. The predicted octanol–water partition coefficient (Wildman–Crippen LogP) is 4.80. The quantitative estimate of drug-likeness (QED) is 0.415. The molecule has 2 aromatic rings. The number of hydrogen-bond acceptors (Lipinski definition) is 2. The van der Waals surface area contributed by atoms with Gasteiger partial charge in [0, 0.05) is 18.2 Å². The van der Waals surface area contributed by atoms with Crippen molar-refractivity contribution in [3.63, 3.8) is 0 Å². The number of aryl methyl sites for hydroxylation is 1. The maximum Gasteiger partial charge on any atom is 0.188 e. The van der Waals surface area contributed by atoms with Gasteiger partial charge in [-0.1, -0.05) is 43.7 Å². The van der Waals surface area contributed by atoms with Crippen LogP contribution in [0.1, 0.15) is 42.9 Å². The van der Waals surface area contributed by atoms with Crippen LogP contribution in [0.5, 0.6) is 5.75 Å². The third-order valence-corrected chi connectivity index (χ3v) is 3.57. The van der Waals surface area contributed by atoms with Gasteiger partial charge >= 0.3 is 0 Å². The van der Waals surface area contributed by atoms with Crippen molar-refractivity contribution in [2.45, 2.75) is 32.6 Å². The highest BCUT2D eigenvalue weighted by Gasteiger charge is 1.95. The molecule has 0 unspecified atom stereocenters. The molecule has 0 atom stereocenters. The summed E-state index contributed by atoms with van der Waals surface area (Å²) in [6.45, 7) is 2.49. The van der Waals surface area contributed by atoms with Gasteiger partial charge in [0.2, 0.25) is 0 Å². The lowest BCUT2D eigenvalue weighted by Crippen LogP contribution is -1.98. The van der Waals surface area contributed by atoms with Gasteiger partial charge < -0.3 is 9.47 Å². The van der Waals surface area contributed by atoms with Crippen LogP contribution in [0.15, 0.2) is 48.5 Å². The molecule has 0 spiro atoms. The van der Waals surface area contributed by atoms with E-state index in [0.29, 0.717) is 0 Å². The number of rotatable bonds is 7. The van der Waals surface area contributed by atoms with E-state index < -0.39 is 0 Å². The second kappa shape index (κ2) is 9.71. The van der Waals surface area contributed by atoms with Gasteiger partial charge in [-0.3, -0.25) is 0 Å². The van der Waals surface area contributed by atoms with Crippen molar-refractivity contribution in [3.8, 4) is 17.6 Å². The minimum absolute atomic E-state index is 0.260. The Hall–Kier alpha value is -2.24. The molecule has 120 valence electrons. The standard InChI is InChI=1S/C21H24O2/c1-3-4-5-6-18-7-9-19(10-8-18)11-12-20-13-15-21(16-14-20)23-17-22-2/h7-10,13-16H,3-6,17H2,1-2H3. The Bertz CT molecular complexity index is 630. The van der Waals surface area contributed by atoms with E-state index in [1.54, 1.807) is 7.11 Å². The van der Waals surface area contributed by atoms with Crippen molar-refractivity contribution < 1.29 is 9.47 Å². The highest BCUT2D eigenvalue weighted by molar-refractivity contribution is 5.44. The molecule has 0 heterocycles. The van der Waals surface area contributed by atoms with E-state index in [0.717, 1.165) is 23.3 Å². The zero-order chi connectivity index (χ0) is 16.3. The lowest BCUT2D eigenvalue weighted by molar-refractivity contribution is 0.0511. The monoisotopic (exact) mass is 308 g/mol. The molecule has 0 aliphatic carbocycles. The summed E-state index contributed by atoms with van der Waals surface area (Å²) in [6, 6.07) is 16.3. The van der Waals surface area contributed by atoms with Crippen molar-refractivity contribution in [1.82, 2.24) is 0 Å². The lowest BCUT2D eigenvalue weighted by Gasteiger charge is -2.03. The minimum atomic E-state index is 0.260. The van der Waals surface area contributed by atoms with Crippen LogP contribution < -0.4 is 4.74 Å². The van der Waals surface area contributed by atoms with E-state index in [2.05, 4.69) is 43.0 Å². The van der Waals surface area contributed by atoms with Crippen LogP contribution in [-0.4, -0.2) is 13.9 Å². The zero-order valence-electron chi connectivity index (χ0n) is 14.0. The maximum absolute atomic E-state index is 5.36. The van der Waals surface area contributed by atoms with E-state index >= 15 is 0 Å². The third kappa shape index (κ3) is 6.18. The lowest BCUT2D eigenvalue weighted by atomic mass is 10.1. The van der Waals surface area contributed by atoms with E-state index in [4.69, 9.17) is 9.47 Å². The van der Waals surface area contributed by atoms with E-state index in [1.807, 2.05) is 24.3 Å². The smallest absolute Gasteiger partial charge is 0.188 e. The van der Waals surface area contributed by atoms with Crippen LogP contribution in [0, 0.1) is 11.8 Å². The second-order valence-corrected chi connectivity index (χ2v) is 5.48. The van der Waals surface area contributed by atoms with Gasteiger partial charge in [-0.05, 0) is 54.8 Å². The Morgan fingerprint density at radius 2 is 1.43 bits per heavy atom. The molecule has 0 fully saturated rings. The predicted molar refractivity (Wildman–Crippen MR) is 94.6 cm³/mol. The fraction of sp³-hybridized carbons (Fsp3) is 0.333. The van der Waals surface area contributed by atoms with E-state index in [9.17, 15) is 0 Å². The van der Waals surface area contributed by atoms with Gasteiger partial charge in [0.15, 0.2) is 6.79 Å². The summed E-state index contributed by atoms with van der Waals surface area (Å²) in [5.74, 6) is 7.17. The highest BCUT2D eigenvalue weighted by Crippen LogP contribution is 2.12. The molecule has 0 aromatic heterocycles. The molecule has 0 N–H and O–H groups in total. The van der Waals surface area contributed by atoms with Crippen LogP contribution in [-0.2, 0) is 11.2 Å². The Balaban J connectivity index is 1.93. The molecule has 0 bridgehead atoms. The number of hydrogen-bond donors (Lipinski definition) is 0. The fourth-order valence-corrected chi connectivity index (χ4v) is 2.24. The summed E-state index contributed by atoms with van der Waals surface area (Å²) in [7, 11) is 1.61. The average Bonchev–Trinajstić information content (AvgIpc) is 2.60. The molecular formula is C21H24O2. The van der Waals surface area contributed by atoms with Crippen molar-refractivity contribution in [2.24, 2.45) is 0 Å². The fourth-order valence-electron chi connectivity index (χ4n) is 2.24. The first kappa shape index (κ1) is 17.1. The van der Waals surface area contributed by atoms with Crippen LogP contribution in [0.3, 0.4) is 0 Å². The van der Waals surface area contributed by atoms with Crippen molar-refractivity contribution in [3.05, 3.63) is 65.2 Å². The topological polar surface area (TPSA) is 18.5 Å². The molecule has 2 heteroatoms. The Morgan fingerprint density at radius 1 is 0.826 bits per heavy atom. The zero-order valence-corrected chi connectivity index (χ0v) is 14.0. The summed E-state index contributed by atoms with van der Waals surface area (Å²) in [6.07, 6.45) is 4.98. The molecule has 0 radical (unpaired) electrons. The Morgan fingerprint density at radius 3 is 2.00 bits per heavy atom. The molecule has 23 heavy (non-hydrogen) atoms. The Labute approximate surface area is 139 Å². The average molecular weight is 308 g/mol. The molecule has 0 saturated carbocycles. The van der Waals surface area contributed by atoms with Crippen LogP contribution in [0.25, 0.3) is 0 Å². The minimum Gasteiger partial charge on any atom is -0.468 e. The SMILES string of the molecule is CCCCCc1ccc(C#Cc2ccc(OCOC)cc2)cc1. The van der Waals surface area contributed by atoms with E-state index in [-0.39, 0.29) is 6.79 Å². The van der Waals surface area contributed by atoms with Gasteiger partial charge in [-0.15, -0.1) is 0 Å². The van der Waals surface area contributed by atoms with Crippen molar-refractivity contribution >= 4 is 0 Å². The number of ether oxygens (including phenoxy) is 2. The summed E-state index contributed by atoms with van der Waals surface area (Å²) < 4.78 is 10.2. The normalized spacial score (nSPS) is 10.0. The molecule has 0 aliphatic heterocycles. The Kier molecular flexibility index (Phi) is 7.23. The number of methoxy groups -OCH3 is 1. The van der Waals surface area contributed by atoms with Gasteiger partial charge in [-0.25, -0.2) is 0 Å². The summed E-state index contributed by atoms with van der Waals surface area (Å²) in [5, 5.41) is 0. The third-order valence-electron chi connectivity index (χ3n) is 3.57. The van der Waals surface area contributed by atoms with Crippen molar-refractivity contribution in [1.29, 1.82) is 0 Å². The molecule has 2 nitrogen and oxygen atoms in total.